The van der Waals surface area contributed by atoms with Gasteiger partial charge in [-0.15, -0.1) is 0 Å². The van der Waals surface area contributed by atoms with E-state index in [-0.39, 0.29) is 6.03 Å². The second kappa shape index (κ2) is 5.61. The summed E-state index contributed by atoms with van der Waals surface area (Å²) in [4.78, 5) is 12.1. The number of rotatable bonds is 2. The van der Waals surface area contributed by atoms with Crippen LogP contribution in [0.2, 0.25) is 5.02 Å². The molecule has 0 radical (unpaired) electrons. The third kappa shape index (κ3) is 2.84. The topological polar surface area (TPSA) is 65.2 Å². The number of carbonyl (C=O) groups excluding carboxylic acids is 1. The lowest BCUT2D eigenvalue weighted by Crippen LogP contribution is -2.20. The second-order valence-corrected chi connectivity index (χ2v) is 5.41. The fourth-order valence-corrected chi connectivity index (χ4v) is 2.53. The van der Waals surface area contributed by atoms with Gasteiger partial charge in [0, 0.05) is 5.69 Å². The minimum atomic E-state index is -0.346. The summed E-state index contributed by atoms with van der Waals surface area (Å²) in [7, 11) is 0. The van der Waals surface area contributed by atoms with Crippen molar-refractivity contribution < 1.29 is 4.79 Å². The van der Waals surface area contributed by atoms with E-state index >= 15 is 0 Å². The molecule has 4 N–H and O–H groups in total. The van der Waals surface area contributed by atoms with Crippen molar-refractivity contribution in [2.75, 3.05) is 21.3 Å². The molecule has 0 saturated heterocycles. The molecule has 0 atom stereocenters. The Morgan fingerprint density at radius 3 is 2.68 bits per heavy atom. The number of anilines is 4. The molecule has 0 bridgehead atoms. The summed E-state index contributed by atoms with van der Waals surface area (Å²) in [5.74, 6) is 0.711. The van der Waals surface area contributed by atoms with Gasteiger partial charge in [0.25, 0.3) is 0 Å². The third-order valence-electron chi connectivity index (χ3n) is 3.31. The molecule has 0 fully saturated rings. The Morgan fingerprint density at radius 2 is 1.91 bits per heavy atom. The summed E-state index contributed by atoms with van der Waals surface area (Å²) in [5, 5.41) is 12.2. The standard InChI is InChI=1S/C16H15ClN4O/c1-9-4-3-5-12(17)15(9)21-16(22)20-11-6-7-13-14(8-11)19-10(2)18-13/h3-8,18-19H,2H2,1H3,(H2,20,21,22). The number of carbonyl (C=O) groups is 1. The molecule has 2 aromatic carbocycles. The molecule has 0 unspecified atom stereocenters. The quantitative estimate of drug-likeness (QED) is 0.655. The zero-order chi connectivity index (χ0) is 15.7. The molecule has 112 valence electrons. The van der Waals surface area contributed by atoms with Crippen LogP contribution in [0.3, 0.4) is 0 Å². The first-order valence-electron chi connectivity index (χ1n) is 6.73. The number of aryl methyl sites for hydroxylation is 1. The smallest absolute Gasteiger partial charge is 0.323 e. The second-order valence-electron chi connectivity index (χ2n) is 5.00. The van der Waals surface area contributed by atoms with Gasteiger partial charge in [0.05, 0.1) is 22.1 Å². The normalized spacial score (nSPS) is 12.2. The van der Waals surface area contributed by atoms with Gasteiger partial charge in [-0.25, -0.2) is 4.79 Å². The minimum absolute atomic E-state index is 0.346. The fourth-order valence-electron chi connectivity index (χ4n) is 2.26. The lowest BCUT2D eigenvalue weighted by molar-refractivity contribution is 0.262. The molecule has 5 nitrogen and oxygen atoms in total. The minimum Gasteiger partial charge on any atom is -0.341 e. The maximum absolute atomic E-state index is 12.1. The average molecular weight is 315 g/mol. The van der Waals surface area contributed by atoms with E-state index in [9.17, 15) is 4.79 Å². The maximum atomic E-state index is 12.1. The van der Waals surface area contributed by atoms with Crippen molar-refractivity contribution in [1.82, 2.24) is 0 Å². The van der Waals surface area contributed by atoms with E-state index in [2.05, 4.69) is 27.8 Å². The van der Waals surface area contributed by atoms with Crippen molar-refractivity contribution in [2.45, 2.75) is 6.92 Å². The predicted molar refractivity (Wildman–Crippen MR) is 91.7 cm³/mol. The van der Waals surface area contributed by atoms with Gasteiger partial charge in [-0.3, -0.25) is 0 Å². The van der Waals surface area contributed by atoms with Crippen LogP contribution < -0.4 is 21.3 Å². The van der Waals surface area contributed by atoms with E-state index in [0.29, 0.717) is 22.2 Å². The van der Waals surface area contributed by atoms with E-state index in [1.165, 1.54) is 0 Å². The number of nitrogens with one attached hydrogen (secondary N) is 4. The molecule has 2 aromatic rings. The van der Waals surface area contributed by atoms with Crippen LogP contribution in [0, 0.1) is 6.92 Å². The summed E-state index contributed by atoms with van der Waals surface area (Å²) < 4.78 is 0. The van der Waals surface area contributed by atoms with E-state index in [0.717, 1.165) is 16.9 Å². The molecule has 0 spiro atoms. The van der Waals surface area contributed by atoms with Gasteiger partial charge in [0.15, 0.2) is 0 Å². The Bertz CT molecular complexity index is 752. The molecule has 2 amide bonds. The van der Waals surface area contributed by atoms with Gasteiger partial charge in [-0.1, -0.05) is 30.3 Å². The number of halogens is 1. The predicted octanol–water partition coefficient (Wildman–Crippen LogP) is 4.60. The number of fused-ring (bicyclic) bond motifs is 1. The first-order chi connectivity index (χ1) is 10.5. The number of hydrogen-bond donors (Lipinski definition) is 4. The van der Waals surface area contributed by atoms with E-state index in [4.69, 9.17) is 11.6 Å². The van der Waals surface area contributed by atoms with Crippen LogP contribution in [0.25, 0.3) is 0 Å². The first kappa shape index (κ1) is 14.3. The largest absolute Gasteiger partial charge is 0.341 e. The molecule has 3 rings (SSSR count). The van der Waals surface area contributed by atoms with Gasteiger partial charge in [-0.05, 0) is 36.8 Å². The van der Waals surface area contributed by atoms with Crippen LogP contribution >= 0.6 is 11.6 Å². The monoisotopic (exact) mass is 314 g/mol. The van der Waals surface area contributed by atoms with Crippen molar-refractivity contribution in [2.24, 2.45) is 0 Å². The van der Waals surface area contributed by atoms with Gasteiger partial charge in [0.2, 0.25) is 0 Å². The molecule has 0 saturated carbocycles. The molecule has 1 heterocycles. The Kier molecular flexibility index (Phi) is 3.65. The third-order valence-corrected chi connectivity index (χ3v) is 3.62. The summed E-state index contributed by atoms with van der Waals surface area (Å²) >= 11 is 6.10. The molecule has 1 aliphatic heterocycles. The molecule has 6 heteroatoms. The van der Waals surface area contributed by atoms with Crippen LogP contribution in [-0.2, 0) is 0 Å². The Morgan fingerprint density at radius 1 is 1.14 bits per heavy atom. The zero-order valence-corrected chi connectivity index (χ0v) is 12.7. The first-order valence-corrected chi connectivity index (χ1v) is 7.11. The lowest BCUT2D eigenvalue weighted by Gasteiger charge is -2.12. The van der Waals surface area contributed by atoms with E-state index in [1.807, 2.05) is 37.3 Å². The molecule has 22 heavy (non-hydrogen) atoms. The van der Waals surface area contributed by atoms with Crippen LogP contribution in [-0.4, -0.2) is 6.03 Å². The van der Waals surface area contributed by atoms with Crippen LogP contribution in [0.15, 0.2) is 48.8 Å². The number of para-hydroxylation sites is 1. The maximum Gasteiger partial charge on any atom is 0.323 e. The van der Waals surface area contributed by atoms with Crippen LogP contribution in [0.1, 0.15) is 5.56 Å². The average Bonchev–Trinajstić information content (AvgIpc) is 2.82. The molecule has 0 aliphatic carbocycles. The molecule has 1 aliphatic rings. The summed E-state index contributed by atoms with van der Waals surface area (Å²) in [6.45, 7) is 5.69. The summed E-state index contributed by atoms with van der Waals surface area (Å²) in [6, 6.07) is 10.6. The molecular weight excluding hydrogens is 300 g/mol. The summed E-state index contributed by atoms with van der Waals surface area (Å²) in [6.07, 6.45) is 0. The van der Waals surface area contributed by atoms with Crippen molar-refractivity contribution in [3.05, 3.63) is 59.4 Å². The van der Waals surface area contributed by atoms with Crippen molar-refractivity contribution in [3.63, 3.8) is 0 Å². The Hall–Kier alpha value is -2.66. The Balaban J connectivity index is 1.73. The summed E-state index contributed by atoms with van der Waals surface area (Å²) in [5.41, 5.74) is 3.98. The van der Waals surface area contributed by atoms with Crippen molar-refractivity contribution in [3.8, 4) is 0 Å². The van der Waals surface area contributed by atoms with Crippen LogP contribution in [0.5, 0.6) is 0 Å². The van der Waals surface area contributed by atoms with Crippen LogP contribution in [0.4, 0.5) is 27.5 Å². The van der Waals surface area contributed by atoms with E-state index in [1.54, 1.807) is 6.07 Å². The van der Waals surface area contributed by atoms with Gasteiger partial charge >= 0.3 is 6.03 Å². The van der Waals surface area contributed by atoms with Gasteiger partial charge in [-0.2, -0.15) is 0 Å². The molecule has 0 aromatic heterocycles. The van der Waals surface area contributed by atoms with Crippen molar-refractivity contribution in [1.29, 1.82) is 0 Å². The Labute approximate surface area is 133 Å². The highest BCUT2D eigenvalue weighted by Crippen LogP contribution is 2.32. The number of benzene rings is 2. The number of hydrogen-bond acceptors (Lipinski definition) is 3. The molecular formula is C16H15ClN4O. The van der Waals surface area contributed by atoms with Crippen molar-refractivity contribution >= 4 is 40.4 Å². The number of amides is 2. The van der Waals surface area contributed by atoms with Gasteiger partial charge < -0.3 is 21.3 Å². The highest BCUT2D eigenvalue weighted by Gasteiger charge is 2.14. The number of urea groups is 1. The highest BCUT2D eigenvalue weighted by atomic mass is 35.5. The van der Waals surface area contributed by atoms with Gasteiger partial charge in [0.1, 0.15) is 5.82 Å². The lowest BCUT2D eigenvalue weighted by atomic mass is 10.2. The highest BCUT2D eigenvalue weighted by molar-refractivity contribution is 6.34. The van der Waals surface area contributed by atoms with E-state index < -0.39 is 0 Å². The SMILES string of the molecule is C=C1Nc2ccc(NC(=O)Nc3c(C)cccc3Cl)cc2N1. The fraction of sp³-hybridized carbons (Fsp3) is 0.0625. The zero-order valence-electron chi connectivity index (χ0n) is 12.0.